The molecule has 1 atom stereocenters. The van der Waals surface area contributed by atoms with Crippen LogP contribution in [0.15, 0.2) is 45.2 Å². The predicted molar refractivity (Wildman–Crippen MR) is 119 cm³/mol. The molecule has 0 radical (unpaired) electrons. The molecule has 0 fully saturated rings. The number of hydrogen-bond acceptors (Lipinski definition) is 9. The maximum Gasteiger partial charge on any atom is 0.338 e. The Morgan fingerprint density at radius 3 is 2.68 bits per heavy atom. The molecule has 0 saturated heterocycles. The van der Waals surface area contributed by atoms with Crippen LogP contribution in [-0.2, 0) is 9.53 Å². The average Bonchev–Trinajstić information content (AvgIpc) is 3.08. The molecule has 0 spiro atoms. The number of nitrogens with zero attached hydrogens (tertiary/aromatic N) is 3. The fraction of sp³-hybridized carbons (Fsp3) is 0.409. The first-order chi connectivity index (χ1) is 15.0. The number of nitriles is 1. The van der Waals surface area contributed by atoms with E-state index in [1.54, 1.807) is 25.0 Å². The van der Waals surface area contributed by atoms with Crippen LogP contribution in [0.2, 0.25) is 0 Å². The molecular weight excluding hydrogens is 416 g/mol. The molecule has 1 aromatic rings. The number of nitrogens with two attached hydrogens (primary N) is 1. The normalized spacial score (nSPS) is 17.8. The summed E-state index contributed by atoms with van der Waals surface area (Å²) in [7, 11) is 1.57. The van der Waals surface area contributed by atoms with Crippen molar-refractivity contribution in [2.45, 2.75) is 39.7 Å². The highest BCUT2D eigenvalue weighted by molar-refractivity contribution is 8.17. The van der Waals surface area contributed by atoms with Crippen molar-refractivity contribution in [1.29, 1.82) is 5.26 Å². The minimum atomic E-state index is -0.600. The summed E-state index contributed by atoms with van der Waals surface area (Å²) in [6, 6.07) is 7.01. The fourth-order valence-corrected chi connectivity index (χ4v) is 4.48. The van der Waals surface area contributed by atoms with Crippen molar-refractivity contribution in [1.82, 2.24) is 4.90 Å². The third-order valence-corrected chi connectivity index (χ3v) is 5.83. The number of fused-ring (bicyclic) bond motifs is 1. The van der Waals surface area contributed by atoms with Crippen molar-refractivity contribution >= 4 is 22.9 Å². The highest BCUT2D eigenvalue weighted by atomic mass is 32.2. The zero-order chi connectivity index (χ0) is 22.5. The van der Waals surface area contributed by atoms with Crippen LogP contribution in [0.4, 0.5) is 0 Å². The van der Waals surface area contributed by atoms with Gasteiger partial charge in [-0.05, 0) is 49.7 Å². The smallest absolute Gasteiger partial charge is 0.338 e. The predicted octanol–water partition coefficient (Wildman–Crippen LogP) is 3.82. The number of ether oxygens (including phenoxy) is 3. The van der Waals surface area contributed by atoms with E-state index in [-0.39, 0.29) is 12.4 Å². The van der Waals surface area contributed by atoms with E-state index in [1.807, 2.05) is 26.0 Å². The maximum atomic E-state index is 13.1. The van der Waals surface area contributed by atoms with Crippen molar-refractivity contribution in [2.75, 3.05) is 20.3 Å². The standard InChI is InChI=1S/C22H26N4O4S/c1-5-8-14-18(21(27)30-7-3)19(26-20(24)17(12-23)31-22(26)25-14)13-9-10-15(28-4)16(11-13)29-6-2/h9-11,19H,5-8,24H2,1-4H3/t19-/m1/s1. The van der Waals surface area contributed by atoms with Gasteiger partial charge in [0.2, 0.25) is 0 Å². The van der Waals surface area contributed by atoms with Crippen molar-refractivity contribution < 1.29 is 19.0 Å². The molecule has 1 aromatic carbocycles. The molecule has 0 saturated carbocycles. The summed E-state index contributed by atoms with van der Waals surface area (Å²) < 4.78 is 16.6. The molecule has 0 amide bonds. The third kappa shape index (κ3) is 4.21. The number of rotatable bonds is 8. The number of hydrogen-bond donors (Lipinski definition) is 1. The lowest BCUT2D eigenvalue weighted by molar-refractivity contribution is -0.139. The number of amidine groups is 1. The Morgan fingerprint density at radius 2 is 2.06 bits per heavy atom. The highest BCUT2D eigenvalue weighted by Crippen LogP contribution is 2.47. The number of carbonyl (C=O) groups excluding carboxylic acids is 1. The lowest BCUT2D eigenvalue weighted by atomic mass is 9.92. The number of benzene rings is 1. The van der Waals surface area contributed by atoms with Crippen LogP contribution in [0.1, 0.15) is 45.2 Å². The van der Waals surface area contributed by atoms with Gasteiger partial charge in [-0.25, -0.2) is 9.79 Å². The topological polar surface area (TPSA) is 110 Å². The summed E-state index contributed by atoms with van der Waals surface area (Å²) in [4.78, 5) is 19.9. The summed E-state index contributed by atoms with van der Waals surface area (Å²) in [5.74, 6) is 0.961. The third-order valence-electron chi connectivity index (χ3n) is 4.85. The van der Waals surface area contributed by atoms with E-state index in [9.17, 15) is 10.1 Å². The van der Waals surface area contributed by atoms with Gasteiger partial charge in [0.15, 0.2) is 16.7 Å². The first-order valence-electron chi connectivity index (χ1n) is 10.2. The molecule has 0 bridgehead atoms. The molecule has 2 heterocycles. The van der Waals surface area contributed by atoms with Crippen LogP contribution < -0.4 is 15.2 Å². The number of esters is 1. The Hall–Kier alpha value is -3.12. The minimum absolute atomic E-state index is 0.237. The second-order valence-electron chi connectivity index (χ2n) is 6.77. The van der Waals surface area contributed by atoms with Gasteiger partial charge in [0, 0.05) is 0 Å². The van der Waals surface area contributed by atoms with Crippen LogP contribution in [-0.4, -0.2) is 36.4 Å². The van der Waals surface area contributed by atoms with Gasteiger partial charge in [-0.1, -0.05) is 19.4 Å². The van der Waals surface area contributed by atoms with E-state index < -0.39 is 12.0 Å². The van der Waals surface area contributed by atoms with Gasteiger partial charge < -0.3 is 19.9 Å². The number of aliphatic imine (C=N–C) groups is 1. The molecule has 2 aliphatic rings. The number of thioether (sulfide) groups is 1. The Kier molecular flexibility index (Phi) is 7.13. The minimum Gasteiger partial charge on any atom is -0.493 e. The van der Waals surface area contributed by atoms with Gasteiger partial charge in [-0.3, -0.25) is 4.90 Å². The van der Waals surface area contributed by atoms with Crippen LogP contribution in [0.3, 0.4) is 0 Å². The van der Waals surface area contributed by atoms with Crippen molar-refractivity contribution in [2.24, 2.45) is 10.7 Å². The van der Waals surface area contributed by atoms with E-state index >= 15 is 0 Å². The Labute approximate surface area is 186 Å². The molecule has 2 N–H and O–H groups in total. The Balaban J connectivity index is 2.24. The molecule has 2 aliphatic heterocycles. The second-order valence-corrected chi connectivity index (χ2v) is 7.75. The largest absolute Gasteiger partial charge is 0.493 e. The summed E-state index contributed by atoms with van der Waals surface area (Å²) in [5.41, 5.74) is 8.15. The quantitative estimate of drug-likeness (QED) is 0.605. The molecule has 0 aliphatic carbocycles. The number of allylic oxidation sites excluding steroid dienone is 2. The molecule has 0 unspecified atom stereocenters. The molecule has 8 nitrogen and oxygen atoms in total. The maximum absolute atomic E-state index is 13.1. The van der Waals surface area contributed by atoms with E-state index in [0.717, 1.165) is 12.0 Å². The summed E-state index contributed by atoms with van der Waals surface area (Å²) in [6.45, 7) is 6.37. The molecule has 31 heavy (non-hydrogen) atoms. The Bertz CT molecular complexity index is 1010. The lowest BCUT2D eigenvalue weighted by Gasteiger charge is -2.35. The van der Waals surface area contributed by atoms with Gasteiger partial charge in [0.25, 0.3) is 0 Å². The molecule has 164 valence electrons. The molecular formula is C22H26N4O4S. The summed E-state index contributed by atoms with van der Waals surface area (Å²) >= 11 is 1.21. The summed E-state index contributed by atoms with van der Waals surface area (Å²) in [6.07, 6.45) is 1.39. The molecule has 3 rings (SSSR count). The van der Waals surface area contributed by atoms with E-state index in [1.165, 1.54) is 11.8 Å². The van der Waals surface area contributed by atoms with Gasteiger partial charge in [0.1, 0.15) is 16.8 Å². The highest BCUT2D eigenvalue weighted by Gasteiger charge is 2.43. The van der Waals surface area contributed by atoms with E-state index in [2.05, 4.69) is 6.07 Å². The zero-order valence-corrected chi connectivity index (χ0v) is 18.9. The van der Waals surface area contributed by atoms with Gasteiger partial charge in [-0.2, -0.15) is 5.26 Å². The first kappa shape index (κ1) is 22.6. The van der Waals surface area contributed by atoms with E-state index in [0.29, 0.717) is 45.9 Å². The van der Waals surface area contributed by atoms with Crippen LogP contribution in [0.25, 0.3) is 0 Å². The van der Waals surface area contributed by atoms with Crippen LogP contribution >= 0.6 is 11.8 Å². The van der Waals surface area contributed by atoms with Crippen LogP contribution in [0, 0.1) is 11.3 Å². The fourth-order valence-electron chi connectivity index (χ4n) is 3.59. The van der Waals surface area contributed by atoms with Crippen molar-refractivity contribution in [3.8, 4) is 17.6 Å². The average molecular weight is 443 g/mol. The monoisotopic (exact) mass is 442 g/mol. The first-order valence-corrected chi connectivity index (χ1v) is 11.0. The zero-order valence-electron chi connectivity index (χ0n) is 18.1. The van der Waals surface area contributed by atoms with Gasteiger partial charge in [-0.15, -0.1) is 0 Å². The Morgan fingerprint density at radius 1 is 1.29 bits per heavy atom. The van der Waals surface area contributed by atoms with Crippen molar-refractivity contribution in [3.05, 3.63) is 45.8 Å². The van der Waals surface area contributed by atoms with Gasteiger partial charge in [0.05, 0.1) is 37.6 Å². The number of carbonyl (C=O) groups is 1. The molecule has 9 heteroatoms. The second kappa shape index (κ2) is 9.79. The SMILES string of the molecule is CCCC1=C(C(=O)OCC)[C@@H](c2ccc(OC)c(OCC)c2)N2C(=N1)SC(C#N)=C2N. The lowest BCUT2D eigenvalue weighted by Crippen LogP contribution is -2.39. The van der Waals surface area contributed by atoms with Crippen molar-refractivity contribution in [3.63, 3.8) is 0 Å². The molecule has 0 aromatic heterocycles. The summed E-state index contributed by atoms with van der Waals surface area (Å²) in [5, 5.41) is 10.1. The van der Waals surface area contributed by atoms with E-state index in [4.69, 9.17) is 24.9 Å². The number of methoxy groups -OCH3 is 1. The van der Waals surface area contributed by atoms with Crippen LogP contribution in [0.5, 0.6) is 11.5 Å². The van der Waals surface area contributed by atoms with Gasteiger partial charge >= 0.3 is 5.97 Å².